The van der Waals surface area contributed by atoms with Crippen LogP contribution in [0.2, 0.25) is 0 Å². The number of amides is 1. The molecule has 7 heteroatoms. The number of nitrogens with zero attached hydrogens (tertiary/aromatic N) is 1. The van der Waals surface area contributed by atoms with Gasteiger partial charge in [0.25, 0.3) is 5.91 Å². The highest BCUT2D eigenvalue weighted by atomic mass is 32.2. The first-order valence-electron chi connectivity index (χ1n) is 9.87. The monoisotopic (exact) mass is 421 g/mol. The molecule has 1 amide bonds. The first kappa shape index (κ1) is 20.2. The van der Waals surface area contributed by atoms with Gasteiger partial charge >= 0.3 is 0 Å². The standard InChI is InChI=1S/C23H22N2O4S/c1-2-29-16-9-7-15(8-10-16)24-23(28)14-6-11-18-20(12-14)25-19-5-3-4-17(19)22(18)30-13-21(26)27/h6-12H,2-5,13H2,1H3,(H,24,28)(H,26,27)/p-1. The van der Waals surface area contributed by atoms with E-state index in [-0.39, 0.29) is 11.7 Å². The van der Waals surface area contributed by atoms with Crippen molar-refractivity contribution in [2.75, 3.05) is 17.7 Å². The predicted octanol–water partition coefficient (Wildman–Crippen LogP) is 3.22. The zero-order valence-corrected chi connectivity index (χ0v) is 17.4. The van der Waals surface area contributed by atoms with Gasteiger partial charge in [-0.05, 0) is 68.1 Å². The third-order valence-corrected chi connectivity index (χ3v) is 6.12. The van der Waals surface area contributed by atoms with Crippen LogP contribution in [0.3, 0.4) is 0 Å². The molecule has 0 bridgehead atoms. The maximum atomic E-state index is 12.7. The molecule has 0 fully saturated rings. The van der Waals surface area contributed by atoms with Crippen molar-refractivity contribution in [3.05, 3.63) is 59.3 Å². The summed E-state index contributed by atoms with van der Waals surface area (Å²) in [6.07, 6.45) is 2.77. The summed E-state index contributed by atoms with van der Waals surface area (Å²) in [5.74, 6) is -0.679. The van der Waals surface area contributed by atoms with E-state index in [0.29, 0.717) is 23.4 Å². The molecular weight excluding hydrogens is 400 g/mol. The Morgan fingerprint density at radius 1 is 1.17 bits per heavy atom. The van der Waals surface area contributed by atoms with Gasteiger partial charge in [0.1, 0.15) is 5.75 Å². The lowest BCUT2D eigenvalue weighted by Gasteiger charge is -2.13. The molecule has 1 heterocycles. The Morgan fingerprint density at radius 3 is 2.70 bits per heavy atom. The average Bonchev–Trinajstić information content (AvgIpc) is 3.20. The summed E-state index contributed by atoms with van der Waals surface area (Å²) in [4.78, 5) is 29.4. The van der Waals surface area contributed by atoms with Crippen LogP contribution in [-0.4, -0.2) is 29.2 Å². The lowest BCUT2D eigenvalue weighted by atomic mass is 10.1. The van der Waals surface area contributed by atoms with Gasteiger partial charge in [-0.15, -0.1) is 11.8 Å². The maximum Gasteiger partial charge on any atom is 0.255 e. The fourth-order valence-electron chi connectivity index (χ4n) is 3.66. The number of benzene rings is 2. The number of carbonyl (C=O) groups excluding carboxylic acids is 2. The number of ether oxygens (including phenoxy) is 1. The first-order chi connectivity index (χ1) is 14.5. The highest BCUT2D eigenvalue weighted by Gasteiger charge is 2.20. The number of thioether (sulfide) groups is 1. The number of hydrogen-bond donors (Lipinski definition) is 1. The molecule has 0 aliphatic heterocycles. The highest BCUT2D eigenvalue weighted by Crippen LogP contribution is 2.37. The van der Waals surface area contributed by atoms with Gasteiger partial charge in [-0.25, -0.2) is 0 Å². The van der Waals surface area contributed by atoms with Crippen LogP contribution >= 0.6 is 11.8 Å². The number of carbonyl (C=O) groups is 2. The fourth-order valence-corrected chi connectivity index (χ4v) is 4.65. The summed E-state index contributed by atoms with van der Waals surface area (Å²) < 4.78 is 5.42. The highest BCUT2D eigenvalue weighted by molar-refractivity contribution is 8.00. The number of aryl methyl sites for hydroxylation is 1. The number of nitrogens with one attached hydrogen (secondary N) is 1. The Morgan fingerprint density at radius 2 is 1.97 bits per heavy atom. The predicted molar refractivity (Wildman–Crippen MR) is 115 cm³/mol. The molecule has 0 spiro atoms. The van der Waals surface area contributed by atoms with Crippen molar-refractivity contribution in [3.63, 3.8) is 0 Å². The Bertz CT molecular complexity index is 1110. The number of aromatic nitrogens is 1. The van der Waals surface area contributed by atoms with Crippen molar-refractivity contribution in [2.45, 2.75) is 31.1 Å². The lowest BCUT2D eigenvalue weighted by molar-refractivity contribution is -0.301. The zero-order valence-electron chi connectivity index (χ0n) is 16.6. The van der Waals surface area contributed by atoms with Gasteiger partial charge in [0.05, 0.1) is 18.1 Å². The van der Waals surface area contributed by atoms with Crippen molar-refractivity contribution in [3.8, 4) is 5.75 Å². The molecule has 1 N–H and O–H groups in total. The van der Waals surface area contributed by atoms with Gasteiger partial charge < -0.3 is 20.0 Å². The van der Waals surface area contributed by atoms with E-state index >= 15 is 0 Å². The van der Waals surface area contributed by atoms with Crippen LogP contribution in [0.5, 0.6) is 5.75 Å². The molecule has 0 saturated heterocycles. The van der Waals surface area contributed by atoms with Crippen LogP contribution in [0.15, 0.2) is 47.4 Å². The van der Waals surface area contributed by atoms with Crippen molar-refractivity contribution < 1.29 is 19.4 Å². The van der Waals surface area contributed by atoms with Crippen molar-refractivity contribution in [1.29, 1.82) is 0 Å². The van der Waals surface area contributed by atoms with Gasteiger partial charge in [0, 0.05) is 33.0 Å². The second-order valence-electron chi connectivity index (χ2n) is 7.02. The summed E-state index contributed by atoms with van der Waals surface area (Å²) in [7, 11) is 0. The summed E-state index contributed by atoms with van der Waals surface area (Å²) in [5, 5.41) is 14.7. The maximum absolute atomic E-state index is 12.7. The molecule has 0 unspecified atom stereocenters. The lowest BCUT2D eigenvalue weighted by Crippen LogP contribution is -2.24. The number of fused-ring (bicyclic) bond motifs is 2. The zero-order chi connectivity index (χ0) is 21.1. The van der Waals surface area contributed by atoms with Crippen LogP contribution in [0.25, 0.3) is 10.9 Å². The Labute approximate surface area is 178 Å². The minimum Gasteiger partial charge on any atom is -0.549 e. The van der Waals surface area contributed by atoms with Gasteiger partial charge in [-0.2, -0.15) is 0 Å². The topological polar surface area (TPSA) is 91.3 Å². The number of rotatable bonds is 7. The molecule has 154 valence electrons. The fraction of sp³-hybridized carbons (Fsp3) is 0.261. The van der Waals surface area contributed by atoms with E-state index in [1.807, 2.05) is 25.1 Å². The number of aliphatic carboxylic acids is 1. The minimum atomic E-state index is -1.09. The summed E-state index contributed by atoms with van der Waals surface area (Å²) in [6, 6.07) is 12.6. The third kappa shape index (κ3) is 4.26. The molecule has 0 radical (unpaired) electrons. The van der Waals surface area contributed by atoms with E-state index < -0.39 is 5.97 Å². The Kier molecular flexibility index (Phi) is 5.90. The number of pyridine rings is 1. The molecule has 30 heavy (non-hydrogen) atoms. The van der Waals surface area contributed by atoms with Gasteiger partial charge in [-0.1, -0.05) is 6.07 Å². The average molecular weight is 421 g/mol. The normalized spacial score (nSPS) is 12.6. The van der Waals surface area contributed by atoms with E-state index in [0.717, 1.165) is 46.6 Å². The molecular formula is C23H21N2O4S-. The van der Waals surface area contributed by atoms with Gasteiger partial charge in [0.15, 0.2) is 0 Å². The van der Waals surface area contributed by atoms with Crippen molar-refractivity contribution >= 4 is 40.2 Å². The summed E-state index contributed by atoms with van der Waals surface area (Å²) in [5.41, 5.74) is 4.00. The van der Waals surface area contributed by atoms with Crippen molar-refractivity contribution in [1.82, 2.24) is 4.98 Å². The molecule has 1 aliphatic carbocycles. The van der Waals surface area contributed by atoms with Crippen LogP contribution in [0, 0.1) is 0 Å². The first-order valence-corrected chi connectivity index (χ1v) is 10.9. The third-order valence-electron chi connectivity index (χ3n) is 4.98. The van der Waals surface area contributed by atoms with E-state index in [2.05, 4.69) is 5.32 Å². The van der Waals surface area contributed by atoms with Gasteiger partial charge in [0.2, 0.25) is 0 Å². The minimum absolute atomic E-state index is 0.106. The second-order valence-corrected chi connectivity index (χ2v) is 8.01. The van der Waals surface area contributed by atoms with Crippen LogP contribution in [0.4, 0.5) is 5.69 Å². The van der Waals surface area contributed by atoms with Crippen molar-refractivity contribution in [2.24, 2.45) is 0 Å². The quantitative estimate of drug-likeness (QED) is 0.589. The molecule has 1 aromatic heterocycles. The van der Waals surface area contributed by atoms with E-state index in [1.165, 1.54) is 11.8 Å². The Balaban J connectivity index is 1.62. The molecule has 1 aliphatic rings. The number of carboxylic acid groups (broad SMARTS) is 1. The van der Waals surface area contributed by atoms with E-state index in [1.54, 1.807) is 24.3 Å². The number of hydrogen-bond acceptors (Lipinski definition) is 6. The molecule has 2 aromatic carbocycles. The van der Waals surface area contributed by atoms with Gasteiger partial charge in [-0.3, -0.25) is 9.78 Å². The molecule has 6 nitrogen and oxygen atoms in total. The molecule has 3 aromatic rings. The largest absolute Gasteiger partial charge is 0.549 e. The van der Waals surface area contributed by atoms with Crippen LogP contribution < -0.4 is 15.2 Å². The number of carboxylic acids is 1. The summed E-state index contributed by atoms with van der Waals surface area (Å²) in [6.45, 7) is 2.50. The molecule has 4 rings (SSSR count). The van der Waals surface area contributed by atoms with E-state index in [9.17, 15) is 14.7 Å². The number of anilines is 1. The second kappa shape index (κ2) is 8.75. The van der Waals surface area contributed by atoms with E-state index in [4.69, 9.17) is 9.72 Å². The van der Waals surface area contributed by atoms with Crippen LogP contribution in [0.1, 0.15) is 35.0 Å². The Hall–Kier alpha value is -3.06. The van der Waals surface area contributed by atoms with Crippen LogP contribution in [-0.2, 0) is 17.6 Å². The molecule has 0 atom stereocenters. The smallest absolute Gasteiger partial charge is 0.255 e. The summed E-state index contributed by atoms with van der Waals surface area (Å²) >= 11 is 1.27. The molecule has 0 saturated carbocycles. The SMILES string of the molecule is CCOc1ccc(NC(=O)c2ccc3c(SCC(=O)[O-])c4c(nc3c2)CCC4)cc1.